The molecule has 2 aliphatic heterocycles. The van der Waals surface area contributed by atoms with Gasteiger partial charge in [0.15, 0.2) is 5.58 Å². The fourth-order valence-corrected chi connectivity index (χ4v) is 5.79. The summed E-state index contributed by atoms with van der Waals surface area (Å²) in [6.45, 7) is 19.9. The van der Waals surface area contributed by atoms with Gasteiger partial charge in [0, 0.05) is 48.1 Å². The Kier molecular flexibility index (Phi) is 5.28. The Morgan fingerprint density at radius 1 is 0.969 bits per heavy atom. The second-order valence-electron chi connectivity index (χ2n) is 12.3. The van der Waals surface area contributed by atoms with Gasteiger partial charge in [-0.3, -0.25) is 0 Å². The number of aromatic nitrogens is 1. The van der Waals surface area contributed by atoms with Gasteiger partial charge < -0.3 is 14.3 Å². The monoisotopic (exact) mass is 433 g/mol. The number of hydrogen-bond donors (Lipinski definition) is 0. The molecule has 4 nitrogen and oxygen atoms in total. The van der Waals surface area contributed by atoms with Gasteiger partial charge in [-0.15, -0.1) is 0 Å². The van der Waals surface area contributed by atoms with Gasteiger partial charge in [0.2, 0.25) is 0 Å². The van der Waals surface area contributed by atoms with Crippen LogP contribution in [0, 0.1) is 17.3 Å². The minimum absolute atomic E-state index is 0.0438. The Balaban J connectivity index is 1.32. The Morgan fingerprint density at radius 3 is 2.25 bits per heavy atom. The summed E-state index contributed by atoms with van der Waals surface area (Å²) in [6.07, 6.45) is 2.70. The van der Waals surface area contributed by atoms with Crippen molar-refractivity contribution < 1.29 is 4.52 Å². The molecule has 2 aromatic carbocycles. The van der Waals surface area contributed by atoms with E-state index in [1.165, 1.54) is 54.3 Å². The second-order valence-corrected chi connectivity index (χ2v) is 12.3. The van der Waals surface area contributed by atoms with Crippen molar-refractivity contribution in [2.75, 3.05) is 37.6 Å². The van der Waals surface area contributed by atoms with E-state index in [2.05, 4.69) is 86.8 Å². The molecule has 1 aromatic heterocycles. The van der Waals surface area contributed by atoms with Crippen LogP contribution in [-0.4, -0.2) is 42.8 Å². The second kappa shape index (κ2) is 7.76. The van der Waals surface area contributed by atoms with Gasteiger partial charge in [0.05, 0.1) is 11.1 Å². The van der Waals surface area contributed by atoms with E-state index in [9.17, 15) is 0 Å². The molecule has 0 atom stereocenters. The smallest absolute Gasteiger partial charge is 0.169 e. The lowest BCUT2D eigenvalue weighted by Crippen LogP contribution is -2.53. The molecule has 0 amide bonds. The Hall–Kier alpha value is -2.07. The SMILES string of the molecule is CC(C)(C)c1noc2cc(N3CC(CN4CCC(C(C)(C)C)CC4)C3)c3ccccc3c12. The molecular weight excluding hydrogens is 394 g/mol. The number of rotatable bonds is 3. The molecule has 3 aromatic rings. The predicted molar refractivity (Wildman–Crippen MR) is 135 cm³/mol. The predicted octanol–water partition coefficient (Wildman–Crippen LogP) is 6.47. The lowest BCUT2D eigenvalue weighted by molar-refractivity contribution is 0.0966. The number of piperidine rings is 1. The fourth-order valence-electron chi connectivity index (χ4n) is 5.79. The zero-order valence-electron chi connectivity index (χ0n) is 20.7. The lowest BCUT2D eigenvalue weighted by Gasteiger charge is -2.45. The van der Waals surface area contributed by atoms with Gasteiger partial charge in [0.25, 0.3) is 0 Å². The van der Waals surface area contributed by atoms with Gasteiger partial charge in [-0.05, 0) is 42.7 Å². The first-order valence-electron chi connectivity index (χ1n) is 12.4. The van der Waals surface area contributed by atoms with Crippen molar-refractivity contribution in [2.24, 2.45) is 17.3 Å². The van der Waals surface area contributed by atoms with Crippen LogP contribution in [0.25, 0.3) is 21.7 Å². The van der Waals surface area contributed by atoms with Crippen LogP contribution in [0.1, 0.15) is 60.1 Å². The van der Waals surface area contributed by atoms with Crippen molar-refractivity contribution in [1.29, 1.82) is 0 Å². The maximum atomic E-state index is 5.84. The summed E-state index contributed by atoms with van der Waals surface area (Å²) in [7, 11) is 0. The molecule has 5 rings (SSSR count). The van der Waals surface area contributed by atoms with Crippen LogP contribution < -0.4 is 4.90 Å². The van der Waals surface area contributed by atoms with Crippen molar-refractivity contribution in [3.63, 3.8) is 0 Å². The van der Waals surface area contributed by atoms with E-state index < -0.39 is 0 Å². The van der Waals surface area contributed by atoms with Crippen LogP contribution in [0.2, 0.25) is 0 Å². The van der Waals surface area contributed by atoms with Gasteiger partial charge in [0.1, 0.15) is 0 Å². The molecule has 4 heteroatoms. The van der Waals surface area contributed by atoms with Crippen LogP contribution in [0.5, 0.6) is 0 Å². The molecule has 0 N–H and O–H groups in total. The highest BCUT2D eigenvalue weighted by molar-refractivity contribution is 6.12. The zero-order valence-corrected chi connectivity index (χ0v) is 20.7. The van der Waals surface area contributed by atoms with Gasteiger partial charge in [-0.2, -0.15) is 0 Å². The quantitative estimate of drug-likeness (QED) is 0.474. The summed E-state index contributed by atoms with van der Waals surface area (Å²) < 4.78 is 5.84. The molecule has 0 aliphatic carbocycles. The molecule has 172 valence electrons. The summed E-state index contributed by atoms with van der Waals surface area (Å²) in [5.41, 5.74) is 3.67. The van der Waals surface area contributed by atoms with Crippen LogP contribution >= 0.6 is 0 Å². The first-order valence-corrected chi connectivity index (χ1v) is 12.4. The van der Waals surface area contributed by atoms with Crippen molar-refractivity contribution in [1.82, 2.24) is 10.1 Å². The largest absolute Gasteiger partial charge is 0.370 e. The molecule has 3 heterocycles. The van der Waals surface area contributed by atoms with E-state index in [0.29, 0.717) is 5.41 Å². The normalized spacial score (nSPS) is 19.8. The highest BCUT2D eigenvalue weighted by Gasteiger charge is 2.34. The van der Waals surface area contributed by atoms with Gasteiger partial charge >= 0.3 is 0 Å². The van der Waals surface area contributed by atoms with E-state index in [0.717, 1.165) is 36.2 Å². The molecule has 2 aliphatic rings. The summed E-state index contributed by atoms with van der Waals surface area (Å²) in [4.78, 5) is 5.24. The third kappa shape index (κ3) is 3.91. The summed E-state index contributed by atoms with van der Waals surface area (Å²) in [5, 5.41) is 8.23. The minimum atomic E-state index is -0.0438. The molecule has 0 saturated carbocycles. The van der Waals surface area contributed by atoms with E-state index in [1.807, 2.05) is 0 Å². The number of likely N-dealkylation sites (tertiary alicyclic amines) is 1. The number of fused-ring (bicyclic) bond motifs is 3. The van der Waals surface area contributed by atoms with Crippen molar-refractivity contribution in [3.05, 3.63) is 36.0 Å². The van der Waals surface area contributed by atoms with Crippen LogP contribution in [-0.2, 0) is 5.41 Å². The average molecular weight is 434 g/mol. The minimum Gasteiger partial charge on any atom is -0.370 e. The molecule has 2 saturated heterocycles. The molecule has 0 spiro atoms. The third-order valence-electron chi connectivity index (χ3n) is 7.80. The third-order valence-corrected chi connectivity index (χ3v) is 7.80. The number of benzene rings is 2. The first kappa shape index (κ1) is 21.8. The van der Waals surface area contributed by atoms with Gasteiger partial charge in [-0.1, -0.05) is 71.0 Å². The van der Waals surface area contributed by atoms with E-state index in [1.54, 1.807) is 0 Å². The Labute approximate surface area is 192 Å². The maximum Gasteiger partial charge on any atom is 0.169 e. The molecule has 32 heavy (non-hydrogen) atoms. The lowest BCUT2D eigenvalue weighted by atomic mass is 9.75. The number of hydrogen-bond acceptors (Lipinski definition) is 4. The zero-order chi connectivity index (χ0) is 22.7. The summed E-state index contributed by atoms with van der Waals surface area (Å²) in [5.74, 6) is 1.63. The van der Waals surface area contributed by atoms with Crippen LogP contribution in [0.3, 0.4) is 0 Å². The molecule has 0 radical (unpaired) electrons. The van der Waals surface area contributed by atoms with Gasteiger partial charge in [-0.25, -0.2) is 0 Å². The first-order chi connectivity index (χ1) is 15.1. The highest BCUT2D eigenvalue weighted by Crippen LogP contribution is 2.41. The highest BCUT2D eigenvalue weighted by atomic mass is 16.5. The topological polar surface area (TPSA) is 32.5 Å². The van der Waals surface area contributed by atoms with E-state index in [-0.39, 0.29) is 5.41 Å². The number of nitrogens with zero attached hydrogens (tertiary/aromatic N) is 3. The molecule has 0 unspecified atom stereocenters. The van der Waals surface area contributed by atoms with Crippen LogP contribution in [0.4, 0.5) is 5.69 Å². The molecule has 0 bridgehead atoms. The fraction of sp³-hybridized carbons (Fsp3) is 0.607. The van der Waals surface area contributed by atoms with Crippen molar-refractivity contribution >= 4 is 27.4 Å². The Morgan fingerprint density at radius 2 is 1.62 bits per heavy atom. The van der Waals surface area contributed by atoms with Crippen LogP contribution in [0.15, 0.2) is 34.9 Å². The standard InChI is InChI=1S/C28H39N3O/c1-27(2,3)20-11-13-30(14-12-20)16-19-17-31(18-19)23-15-24-25(22-10-8-7-9-21(22)23)26(29-32-24)28(4,5)6/h7-10,15,19-20H,11-14,16-18H2,1-6H3. The van der Waals surface area contributed by atoms with Crippen molar-refractivity contribution in [3.8, 4) is 0 Å². The summed E-state index contributed by atoms with van der Waals surface area (Å²) in [6, 6.07) is 11.0. The summed E-state index contributed by atoms with van der Waals surface area (Å²) >= 11 is 0. The Bertz CT molecular complexity index is 1100. The number of anilines is 1. The van der Waals surface area contributed by atoms with E-state index in [4.69, 9.17) is 4.52 Å². The maximum absolute atomic E-state index is 5.84. The molecule has 2 fully saturated rings. The van der Waals surface area contributed by atoms with E-state index >= 15 is 0 Å². The average Bonchev–Trinajstić information content (AvgIpc) is 3.14. The van der Waals surface area contributed by atoms with Crippen molar-refractivity contribution in [2.45, 2.75) is 59.8 Å². The molecular formula is C28H39N3O.